The van der Waals surface area contributed by atoms with Gasteiger partial charge in [-0.1, -0.05) is 23.9 Å². The van der Waals surface area contributed by atoms with Crippen molar-refractivity contribution in [2.45, 2.75) is 11.6 Å². The third-order valence-corrected chi connectivity index (χ3v) is 2.95. The average Bonchev–Trinajstić information content (AvgIpc) is 2.40. The van der Waals surface area contributed by atoms with Crippen LogP contribution in [0.25, 0.3) is 0 Å². The lowest BCUT2D eigenvalue weighted by Crippen LogP contribution is -2.01. The third-order valence-electron chi connectivity index (χ3n) is 2.12. The highest BCUT2D eigenvalue weighted by Gasteiger charge is 2.09. The molecule has 2 heterocycles. The maximum absolute atomic E-state index is 9.77. The van der Waals surface area contributed by atoms with Gasteiger partial charge in [-0.05, 0) is 12.1 Å². The lowest BCUT2D eigenvalue weighted by atomic mass is 10.2. The molecule has 2 aromatic heterocycles. The van der Waals surface area contributed by atoms with Crippen LogP contribution < -0.4 is 0 Å². The Hall–Kier alpha value is -1.95. The number of rotatable bonds is 5. The number of hydrogen-bond donors (Lipinski definition) is 1. The summed E-state index contributed by atoms with van der Waals surface area (Å²) in [6.45, 7) is 3.60. The fraction of sp³-hybridized carbons (Fsp3) is 0.167. The van der Waals surface area contributed by atoms with E-state index in [4.69, 9.17) is 0 Å². The molecule has 0 fully saturated rings. The second-order valence-corrected chi connectivity index (χ2v) is 4.45. The van der Waals surface area contributed by atoms with Gasteiger partial charge in [-0.3, -0.25) is 4.98 Å². The lowest BCUT2D eigenvalue weighted by Gasteiger charge is -2.03. The Labute approximate surface area is 109 Å². The first kappa shape index (κ1) is 12.5. The quantitative estimate of drug-likeness (QED) is 0.653. The van der Waals surface area contributed by atoms with Gasteiger partial charge in [0.1, 0.15) is 5.69 Å². The molecule has 0 amide bonds. The van der Waals surface area contributed by atoms with E-state index >= 15 is 0 Å². The zero-order chi connectivity index (χ0) is 12.8. The number of thioether (sulfide) groups is 1. The van der Waals surface area contributed by atoms with Crippen molar-refractivity contribution in [3.05, 3.63) is 48.4 Å². The first-order chi connectivity index (χ1) is 8.79. The van der Waals surface area contributed by atoms with Gasteiger partial charge in [0, 0.05) is 24.1 Å². The van der Waals surface area contributed by atoms with Crippen molar-refractivity contribution in [2.24, 2.45) is 0 Å². The second-order valence-electron chi connectivity index (χ2n) is 3.46. The summed E-state index contributed by atoms with van der Waals surface area (Å²) in [5.41, 5.74) is 1.24. The van der Waals surface area contributed by atoms with Crippen molar-refractivity contribution in [3.63, 3.8) is 0 Å². The molecular weight excluding hydrogens is 248 g/mol. The average molecular weight is 260 g/mol. The zero-order valence-electron chi connectivity index (χ0n) is 9.65. The van der Waals surface area contributed by atoms with E-state index in [2.05, 4.69) is 26.7 Å². The summed E-state index contributed by atoms with van der Waals surface area (Å²) in [6, 6.07) is 5.58. The van der Waals surface area contributed by atoms with Crippen molar-refractivity contribution in [3.8, 4) is 5.88 Å². The van der Waals surface area contributed by atoms with E-state index < -0.39 is 0 Å². The minimum atomic E-state index is -0.0952. The Balaban J connectivity index is 2.12. The van der Waals surface area contributed by atoms with Gasteiger partial charge in [0.15, 0.2) is 0 Å². The molecule has 0 radical (unpaired) electrons. The van der Waals surface area contributed by atoms with Gasteiger partial charge in [-0.2, -0.15) is 4.98 Å². The number of nitrogens with zero attached hydrogens (tertiary/aromatic N) is 4. The normalized spacial score (nSPS) is 10.2. The molecule has 1 N–H and O–H groups in total. The molecule has 0 aliphatic rings. The summed E-state index contributed by atoms with van der Waals surface area (Å²) in [4.78, 5) is 8.14. The molecule has 0 aromatic carbocycles. The van der Waals surface area contributed by atoms with Crippen LogP contribution in [0.5, 0.6) is 5.88 Å². The number of aromatic nitrogens is 4. The van der Waals surface area contributed by atoms with Crippen LogP contribution in [0.1, 0.15) is 11.4 Å². The van der Waals surface area contributed by atoms with E-state index in [1.165, 1.54) is 11.8 Å². The Kier molecular flexibility index (Phi) is 4.25. The molecule has 2 rings (SSSR count). The van der Waals surface area contributed by atoms with E-state index in [1.807, 2.05) is 18.2 Å². The van der Waals surface area contributed by atoms with Crippen LogP contribution in [-0.4, -0.2) is 31.0 Å². The zero-order valence-corrected chi connectivity index (χ0v) is 10.5. The van der Waals surface area contributed by atoms with Crippen molar-refractivity contribution < 1.29 is 5.11 Å². The predicted molar refractivity (Wildman–Crippen MR) is 69.5 cm³/mol. The second kappa shape index (κ2) is 6.11. The molecule has 92 valence electrons. The van der Waals surface area contributed by atoms with Gasteiger partial charge >= 0.3 is 0 Å². The number of pyridine rings is 1. The highest BCUT2D eigenvalue weighted by atomic mass is 32.2. The maximum atomic E-state index is 9.77. The van der Waals surface area contributed by atoms with Crippen LogP contribution in [0.4, 0.5) is 0 Å². The molecular formula is C12H12N4OS. The van der Waals surface area contributed by atoms with Crippen LogP contribution in [0, 0.1) is 0 Å². The summed E-state index contributed by atoms with van der Waals surface area (Å²) in [5.74, 6) is 0.586. The van der Waals surface area contributed by atoms with E-state index in [0.717, 1.165) is 5.69 Å². The number of aromatic hydroxyl groups is 1. The fourth-order valence-corrected chi connectivity index (χ4v) is 1.83. The third kappa shape index (κ3) is 3.27. The van der Waals surface area contributed by atoms with Crippen molar-refractivity contribution >= 4 is 11.8 Å². The Morgan fingerprint density at radius 3 is 2.89 bits per heavy atom. The molecule has 0 aliphatic heterocycles. The largest absolute Gasteiger partial charge is 0.492 e. The number of hydrogen-bond acceptors (Lipinski definition) is 6. The summed E-state index contributed by atoms with van der Waals surface area (Å²) >= 11 is 1.37. The SMILES string of the molecule is C=CCSc1nnc(Cc2ccccn2)c(O)n1. The van der Waals surface area contributed by atoms with Crippen LogP contribution in [0.3, 0.4) is 0 Å². The maximum Gasteiger partial charge on any atom is 0.238 e. The van der Waals surface area contributed by atoms with Gasteiger partial charge in [-0.15, -0.1) is 16.8 Å². The minimum Gasteiger partial charge on any atom is -0.492 e. The van der Waals surface area contributed by atoms with Gasteiger partial charge in [0.2, 0.25) is 11.0 Å². The van der Waals surface area contributed by atoms with Crippen molar-refractivity contribution in [1.82, 2.24) is 20.2 Å². The molecule has 0 unspecified atom stereocenters. The molecule has 18 heavy (non-hydrogen) atoms. The summed E-state index contributed by atoms with van der Waals surface area (Å²) in [5, 5.41) is 18.1. The highest BCUT2D eigenvalue weighted by molar-refractivity contribution is 7.99. The van der Waals surface area contributed by atoms with Gasteiger partial charge < -0.3 is 5.11 Å². The summed E-state index contributed by atoms with van der Waals surface area (Å²) < 4.78 is 0. The molecule has 0 spiro atoms. The molecule has 0 saturated heterocycles. The molecule has 0 bridgehead atoms. The van der Waals surface area contributed by atoms with E-state index in [9.17, 15) is 5.11 Å². The first-order valence-electron chi connectivity index (χ1n) is 5.35. The molecule has 5 nitrogen and oxygen atoms in total. The first-order valence-corrected chi connectivity index (χ1v) is 6.34. The molecule has 0 atom stereocenters. The molecule has 0 aliphatic carbocycles. The standard InChI is InChI=1S/C12H12N4OS/c1-2-7-18-12-14-11(17)10(15-16-12)8-9-5-3-4-6-13-9/h2-6H,1,7-8H2,(H,14,16,17). The van der Waals surface area contributed by atoms with Crippen molar-refractivity contribution in [1.29, 1.82) is 0 Å². The Morgan fingerprint density at radius 1 is 1.33 bits per heavy atom. The predicted octanol–water partition coefficient (Wildman–Crippen LogP) is 1.84. The van der Waals surface area contributed by atoms with Crippen LogP contribution in [0.15, 0.2) is 42.2 Å². The van der Waals surface area contributed by atoms with Gasteiger partial charge in [0.05, 0.1) is 0 Å². The molecule has 0 saturated carbocycles. The fourth-order valence-electron chi connectivity index (χ4n) is 1.31. The van der Waals surface area contributed by atoms with E-state index in [1.54, 1.807) is 12.3 Å². The summed E-state index contributed by atoms with van der Waals surface area (Å²) in [6.07, 6.45) is 3.85. The van der Waals surface area contributed by atoms with Crippen molar-refractivity contribution in [2.75, 3.05) is 5.75 Å². The lowest BCUT2D eigenvalue weighted by molar-refractivity contribution is 0.430. The monoisotopic (exact) mass is 260 g/mol. The summed E-state index contributed by atoms with van der Waals surface area (Å²) in [7, 11) is 0. The Morgan fingerprint density at radius 2 is 2.22 bits per heavy atom. The van der Waals surface area contributed by atoms with Gasteiger partial charge in [0.25, 0.3) is 0 Å². The minimum absolute atomic E-state index is 0.0952. The van der Waals surface area contributed by atoms with Crippen LogP contribution >= 0.6 is 11.8 Å². The smallest absolute Gasteiger partial charge is 0.238 e. The topological polar surface area (TPSA) is 71.8 Å². The molecule has 2 aromatic rings. The Bertz CT molecular complexity index is 533. The molecule has 6 heteroatoms. The highest BCUT2D eigenvalue weighted by Crippen LogP contribution is 2.18. The van der Waals surface area contributed by atoms with Crippen LogP contribution in [-0.2, 0) is 6.42 Å². The van der Waals surface area contributed by atoms with E-state index in [0.29, 0.717) is 23.0 Å². The van der Waals surface area contributed by atoms with Crippen LogP contribution in [0.2, 0.25) is 0 Å². The van der Waals surface area contributed by atoms with Gasteiger partial charge in [-0.25, -0.2) is 0 Å². The van der Waals surface area contributed by atoms with E-state index in [-0.39, 0.29) is 5.88 Å².